The van der Waals surface area contributed by atoms with Gasteiger partial charge in [0.05, 0.1) is 12.0 Å². The molecule has 0 radical (unpaired) electrons. The Morgan fingerprint density at radius 3 is 2.50 bits per heavy atom. The molecule has 76 valence electrons. The van der Waals surface area contributed by atoms with Gasteiger partial charge in [-0.3, -0.25) is 0 Å². The summed E-state index contributed by atoms with van der Waals surface area (Å²) in [4.78, 5) is 4.67. The van der Waals surface area contributed by atoms with E-state index < -0.39 is 0 Å². The highest BCUT2D eigenvalue weighted by Crippen LogP contribution is 2.33. The van der Waals surface area contributed by atoms with Crippen LogP contribution in [-0.2, 0) is 0 Å². The minimum absolute atomic E-state index is 0.239. The smallest absolute Gasteiger partial charge is 0.0660 e. The SMILES string of the molecule is CN1CCN(C)C2=C1CCC(C#N)C2. The quantitative estimate of drug-likeness (QED) is 0.580. The second kappa shape index (κ2) is 3.53. The molecule has 0 aromatic carbocycles. The zero-order valence-electron chi connectivity index (χ0n) is 8.95. The molecule has 1 aliphatic heterocycles. The van der Waals surface area contributed by atoms with E-state index in [9.17, 15) is 0 Å². The minimum Gasteiger partial charge on any atom is -0.375 e. The van der Waals surface area contributed by atoms with Gasteiger partial charge < -0.3 is 9.80 Å². The van der Waals surface area contributed by atoms with Crippen molar-refractivity contribution in [1.82, 2.24) is 9.80 Å². The molecule has 0 bridgehead atoms. The normalized spacial score (nSPS) is 27.4. The summed E-state index contributed by atoms with van der Waals surface area (Å²) >= 11 is 0. The van der Waals surface area contributed by atoms with Crippen molar-refractivity contribution in [2.24, 2.45) is 5.92 Å². The summed E-state index contributed by atoms with van der Waals surface area (Å²) < 4.78 is 0. The molecule has 1 unspecified atom stereocenters. The highest BCUT2D eigenvalue weighted by molar-refractivity contribution is 5.20. The molecule has 0 spiro atoms. The van der Waals surface area contributed by atoms with E-state index in [-0.39, 0.29) is 5.92 Å². The van der Waals surface area contributed by atoms with Crippen molar-refractivity contribution in [3.8, 4) is 6.07 Å². The molecule has 0 aromatic rings. The van der Waals surface area contributed by atoms with Crippen LogP contribution in [0.2, 0.25) is 0 Å². The number of hydrogen-bond acceptors (Lipinski definition) is 3. The van der Waals surface area contributed by atoms with Crippen molar-refractivity contribution in [3.63, 3.8) is 0 Å². The second-order valence-corrected chi connectivity index (χ2v) is 4.31. The summed E-state index contributed by atoms with van der Waals surface area (Å²) in [5.74, 6) is 0.239. The van der Waals surface area contributed by atoms with E-state index in [2.05, 4.69) is 30.0 Å². The van der Waals surface area contributed by atoms with Gasteiger partial charge in [-0.2, -0.15) is 5.26 Å². The summed E-state index contributed by atoms with van der Waals surface area (Å²) in [6, 6.07) is 2.39. The first-order chi connectivity index (χ1) is 6.72. The molecule has 2 rings (SSSR count). The fourth-order valence-corrected chi connectivity index (χ4v) is 2.38. The van der Waals surface area contributed by atoms with Gasteiger partial charge in [0.2, 0.25) is 0 Å². The molecule has 0 N–H and O–H groups in total. The maximum absolute atomic E-state index is 8.93. The fourth-order valence-electron chi connectivity index (χ4n) is 2.38. The topological polar surface area (TPSA) is 30.3 Å². The van der Waals surface area contributed by atoms with Crippen LogP contribution >= 0.6 is 0 Å². The first-order valence-corrected chi connectivity index (χ1v) is 5.26. The van der Waals surface area contributed by atoms with Crippen molar-refractivity contribution in [3.05, 3.63) is 11.4 Å². The minimum atomic E-state index is 0.239. The maximum atomic E-state index is 8.93. The molecule has 0 saturated heterocycles. The van der Waals surface area contributed by atoms with Gasteiger partial charge in [-0.05, 0) is 12.8 Å². The van der Waals surface area contributed by atoms with Gasteiger partial charge in [0.25, 0.3) is 0 Å². The molecule has 3 nitrogen and oxygen atoms in total. The Morgan fingerprint density at radius 2 is 1.86 bits per heavy atom. The highest BCUT2D eigenvalue weighted by Gasteiger charge is 2.27. The third kappa shape index (κ3) is 1.45. The number of allylic oxidation sites excluding steroid dienone is 2. The van der Waals surface area contributed by atoms with E-state index in [1.54, 1.807) is 0 Å². The van der Waals surface area contributed by atoms with E-state index in [1.165, 1.54) is 11.4 Å². The van der Waals surface area contributed by atoms with Crippen LogP contribution in [-0.4, -0.2) is 37.0 Å². The summed E-state index contributed by atoms with van der Waals surface area (Å²) in [7, 11) is 4.30. The lowest BCUT2D eigenvalue weighted by Gasteiger charge is -2.40. The Balaban J connectivity index is 2.25. The number of nitriles is 1. The van der Waals surface area contributed by atoms with Crippen LogP contribution in [0.25, 0.3) is 0 Å². The predicted molar refractivity (Wildman–Crippen MR) is 55.2 cm³/mol. The van der Waals surface area contributed by atoms with Gasteiger partial charge in [0, 0.05) is 45.0 Å². The molecule has 0 amide bonds. The van der Waals surface area contributed by atoms with E-state index in [4.69, 9.17) is 5.26 Å². The lowest BCUT2D eigenvalue weighted by molar-refractivity contribution is 0.236. The molecule has 3 heteroatoms. The zero-order chi connectivity index (χ0) is 10.1. The van der Waals surface area contributed by atoms with Crippen LogP contribution < -0.4 is 0 Å². The average Bonchev–Trinajstić information content (AvgIpc) is 2.23. The van der Waals surface area contributed by atoms with Gasteiger partial charge >= 0.3 is 0 Å². The second-order valence-electron chi connectivity index (χ2n) is 4.31. The molecule has 1 aliphatic carbocycles. The summed E-state index contributed by atoms with van der Waals surface area (Å²) in [5.41, 5.74) is 2.86. The zero-order valence-corrected chi connectivity index (χ0v) is 8.95. The molecule has 0 saturated carbocycles. The van der Waals surface area contributed by atoms with Crippen LogP contribution in [0.4, 0.5) is 0 Å². The van der Waals surface area contributed by atoms with E-state index in [0.717, 1.165) is 32.4 Å². The monoisotopic (exact) mass is 191 g/mol. The molecule has 14 heavy (non-hydrogen) atoms. The Hall–Kier alpha value is -1.17. The van der Waals surface area contributed by atoms with Gasteiger partial charge in [-0.25, -0.2) is 0 Å². The lowest BCUT2D eigenvalue weighted by atomic mass is 9.89. The standard InChI is InChI=1S/C11H17N3/c1-13-5-6-14(2)11-7-9(8-12)3-4-10(11)13/h9H,3-7H2,1-2H3. The third-order valence-corrected chi connectivity index (χ3v) is 3.38. The molecule has 2 aliphatic rings. The first kappa shape index (κ1) is 9.39. The van der Waals surface area contributed by atoms with Crippen molar-refractivity contribution in [2.75, 3.05) is 27.2 Å². The van der Waals surface area contributed by atoms with E-state index >= 15 is 0 Å². The number of nitrogens with zero attached hydrogens (tertiary/aromatic N) is 3. The van der Waals surface area contributed by atoms with Crippen LogP contribution in [0.15, 0.2) is 11.4 Å². The van der Waals surface area contributed by atoms with Gasteiger partial charge in [0.15, 0.2) is 0 Å². The van der Waals surface area contributed by atoms with E-state index in [0.29, 0.717) is 0 Å². The lowest BCUT2D eigenvalue weighted by Crippen LogP contribution is -2.40. The van der Waals surface area contributed by atoms with E-state index in [1.807, 2.05) is 0 Å². The van der Waals surface area contributed by atoms with Crippen molar-refractivity contribution in [2.45, 2.75) is 19.3 Å². The molecular formula is C11H17N3. The number of hydrogen-bond donors (Lipinski definition) is 0. The maximum Gasteiger partial charge on any atom is 0.0660 e. The van der Waals surface area contributed by atoms with Crippen LogP contribution in [0, 0.1) is 17.2 Å². The highest BCUT2D eigenvalue weighted by atomic mass is 15.2. The summed E-state index contributed by atoms with van der Waals surface area (Å²) in [5, 5.41) is 8.93. The van der Waals surface area contributed by atoms with Crippen LogP contribution in [0.5, 0.6) is 0 Å². The van der Waals surface area contributed by atoms with Crippen molar-refractivity contribution in [1.29, 1.82) is 5.26 Å². The number of likely N-dealkylation sites (N-methyl/N-ethyl adjacent to an activating group) is 2. The molecule has 1 heterocycles. The van der Waals surface area contributed by atoms with Gasteiger partial charge in [0.1, 0.15) is 0 Å². The Morgan fingerprint density at radius 1 is 1.21 bits per heavy atom. The Kier molecular flexibility index (Phi) is 2.37. The largest absolute Gasteiger partial charge is 0.375 e. The summed E-state index contributed by atoms with van der Waals surface area (Å²) in [6.45, 7) is 2.21. The predicted octanol–water partition coefficient (Wildman–Crippen LogP) is 1.40. The molecular weight excluding hydrogens is 174 g/mol. The first-order valence-electron chi connectivity index (χ1n) is 5.26. The number of rotatable bonds is 0. The van der Waals surface area contributed by atoms with Gasteiger partial charge in [-0.1, -0.05) is 0 Å². The van der Waals surface area contributed by atoms with Crippen LogP contribution in [0.3, 0.4) is 0 Å². The van der Waals surface area contributed by atoms with Gasteiger partial charge in [-0.15, -0.1) is 0 Å². The van der Waals surface area contributed by atoms with Crippen molar-refractivity contribution >= 4 is 0 Å². The summed E-state index contributed by atoms with van der Waals surface area (Å²) in [6.07, 6.45) is 3.06. The molecule has 0 aromatic heterocycles. The third-order valence-electron chi connectivity index (χ3n) is 3.38. The molecule has 0 fully saturated rings. The molecule has 1 atom stereocenters. The van der Waals surface area contributed by atoms with Crippen molar-refractivity contribution < 1.29 is 0 Å². The Labute approximate surface area is 85.6 Å². The van der Waals surface area contributed by atoms with Crippen LogP contribution in [0.1, 0.15) is 19.3 Å². The fraction of sp³-hybridized carbons (Fsp3) is 0.727. The Bertz CT molecular complexity index is 300. The average molecular weight is 191 g/mol.